The molecular formula is C20H24N2O3S. The summed E-state index contributed by atoms with van der Waals surface area (Å²) >= 11 is 0. The molecule has 138 valence electrons. The molecular weight excluding hydrogens is 348 g/mol. The molecule has 1 amide bonds. The molecule has 3 N–H and O–H groups in total. The number of sulfone groups is 1. The summed E-state index contributed by atoms with van der Waals surface area (Å²) in [5.74, 6) is -0.501. The molecule has 3 rings (SSSR count). The Bertz CT molecular complexity index is 879. The smallest absolute Gasteiger partial charge is 0.221 e. The average Bonchev–Trinajstić information content (AvgIpc) is 3.13. The highest BCUT2D eigenvalue weighted by molar-refractivity contribution is 7.91. The minimum absolute atomic E-state index is 0.0685. The number of hydrogen-bond donors (Lipinski definition) is 2. The zero-order valence-electron chi connectivity index (χ0n) is 14.6. The predicted octanol–water partition coefficient (Wildman–Crippen LogP) is 2.16. The highest BCUT2D eigenvalue weighted by Crippen LogP contribution is 2.25. The molecule has 0 radical (unpaired) electrons. The van der Waals surface area contributed by atoms with Crippen molar-refractivity contribution in [2.24, 2.45) is 5.73 Å². The summed E-state index contributed by atoms with van der Waals surface area (Å²) in [7, 11) is -3.46. The van der Waals surface area contributed by atoms with E-state index in [1.807, 2.05) is 36.4 Å². The maximum absolute atomic E-state index is 12.5. The second-order valence-corrected chi connectivity index (χ2v) is 8.78. The van der Waals surface area contributed by atoms with Crippen LogP contribution in [-0.2, 0) is 27.5 Å². The minimum Gasteiger partial charge on any atom is -0.354 e. The van der Waals surface area contributed by atoms with Crippen LogP contribution in [0.25, 0.3) is 0 Å². The summed E-state index contributed by atoms with van der Waals surface area (Å²) in [4.78, 5) is 12.3. The molecule has 1 aliphatic carbocycles. The van der Waals surface area contributed by atoms with E-state index in [0.717, 1.165) is 30.4 Å². The first-order valence-electron chi connectivity index (χ1n) is 8.87. The molecule has 0 fully saturated rings. The van der Waals surface area contributed by atoms with E-state index in [1.54, 1.807) is 12.1 Å². The zero-order chi connectivity index (χ0) is 18.6. The van der Waals surface area contributed by atoms with Crippen molar-refractivity contribution in [3.05, 3.63) is 65.2 Å². The van der Waals surface area contributed by atoms with E-state index in [4.69, 9.17) is 5.73 Å². The molecule has 0 heterocycles. The number of aryl methyl sites for hydroxylation is 2. The van der Waals surface area contributed by atoms with Gasteiger partial charge in [-0.3, -0.25) is 4.79 Å². The van der Waals surface area contributed by atoms with Crippen LogP contribution in [0.1, 0.15) is 35.6 Å². The highest BCUT2D eigenvalue weighted by atomic mass is 32.2. The number of amides is 1. The van der Waals surface area contributed by atoms with Gasteiger partial charge in [0, 0.05) is 19.0 Å². The lowest BCUT2D eigenvalue weighted by Gasteiger charge is -2.13. The third kappa shape index (κ3) is 4.51. The van der Waals surface area contributed by atoms with Gasteiger partial charge in [0.25, 0.3) is 0 Å². The SMILES string of the molecule is NC(CNC(=O)CCS(=O)(=O)c1ccc2c(c1)CCC2)c1ccccc1. The van der Waals surface area contributed by atoms with Crippen molar-refractivity contribution in [2.45, 2.75) is 36.6 Å². The molecule has 1 atom stereocenters. The lowest BCUT2D eigenvalue weighted by Crippen LogP contribution is -2.32. The highest BCUT2D eigenvalue weighted by Gasteiger charge is 2.20. The van der Waals surface area contributed by atoms with Gasteiger partial charge in [0.05, 0.1) is 10.6 Å². The van der Waals surface area contributed by atoms with E-state index >= 15 is 0 Å². The zero-order valence-corrected chi connectivity index (χ0v) is 15.5. The maximum Gasteiger partial charge on any atom is 0.221 e. The maximum atomic E-state index is 12.5. The fourth-order valence-electron chi connectivity index (χ4n) is 3.22. The molecule has 0 saturated heterocycles. The van der Waals surface area contributed by atoms with Gasteiger partial charge in [-0.1, -0.05) is 36.4 Å². The summed E-state index contributed by atoms with van der Waals surface area (Å²) < 4.78 is 25.0. The van der Waals surface area contributed by atoms with Crippen LogP contribution in [0.2, 0.25) is 0 Å². The summed E-state index contributed by atoms with van der Waals surface area (Å²) in [6, 6.07) is 14.5. The minimum atomic E-state index is -3.46. The van der Waals surface area contributed by atoms with Crippen LogP contribution >= 0.6 is 0 Å². The van der Waals surface area contributed by atoms with Crippen LogP contribution in [0.15, 0.2) is 53.4 Å². The Labute approximate surface area is 154 Å². The number of nitrogens with two attached hydrogens (primary N) is 1. The fourth-order valence-corrected chi connectivity index (χ4v) is 4.50. The quantitative estimate of drug-likeness (QED) is 0.779. The second kappa shape index (κ2) is 8.01. The molecule has 0 aliphatic heterocycles. The van der Waals surface area contributed by atoms with Crippen molar-refractivity contribution in [1.29, 1.82) is 0 Å². The molecule has 2 aromatic carbocycles. The molecule has 0 bridgehead atoms. The van der Waals surface area contributed by atoms with Gasteiger partial charge < -0.3 is 11.1 Å². The van der Waals surface area contributed by atoms with E-state index in [1.165, 1.54) is 5.56 Å². The fraction of sp³-hybridized carbons (Fsp3) is 0.350. The van der Waals surface area contributed by atoms with Crippen molar-refractivity contribution < 1.29 is 13.2 Å². The van der Waals surface area contributed by atoms with Crippen molar-refractivity contribution in [3.63, 3.8) is 0 Å². The van der Waals surface area contributed by atoms with Crippen molar-refractivity contribution >= 4 is 15.7 Å². The molecule has 6 heteroatoms. The Balaban J connectivity index is 1.52. The van der Waals surface area contributed by atoms with Crippen molar-refractivity contribution in [2.75, 3.05) is 12.3 Å². The molecule has 0 saturated carbocycles. The number of carbonyl (C=O) groups excluding carboxylic acids is 1. The van der Waals surface area contributed by atoms with Gasteiger partial charge >= 0.3 is 0 Å². The number of carbonyl (C=O) groups is 1. The molecule has 0 aromatic heterocycles. The number of rotatable bonds is 7. The third-order valence-electron chi connectivity index (χ3n) is 4.77. The van der Waals surface area contributed by atoms with E-state index in [-0.39, 0.29) is 30.7 Å². The molecule has 5 nitrogen and oxygen atoms in total. The summed E-state index contributed by atoms with van der Waals surface area (Å²) in [5.41, 5.74) is 9.31. The molecule has 1 unspecified atom stereocenters. The largest absolute Gasteiger partial charge is 0.354 e. The summed E-state index contributed by atoms with van der Waals surface area (Å²) in [5, 5.41) is 2.72. The van der Waals surface area contributed by atoms with Gasteiger partial charge in [-0.15, -0.1) is 0 Å². The third-order valence-corrected chi connectivity index (χ3v) is 6.49. The van der Waals surface area contributed by atoms with Crippen LogP contribution in [0.3, 0.4) is 0 Å². The first kappa shape index (κ1) is 18.6. The number of hydrogen-bond acceptors (Lipinski definition) is 4. The standard InChI is InChI=1S/C20H24N2O3S/c21-19(16-5-2-1-3-6-16)14-22-20(23)11-12-26(24,25)18-10-9-15-7-4-8-17(15)13-18/h1-3,5-6,9-10,13,19H,4,7-8,11-12,14,21H2,(H,22,23). The van der Waals surface area contributed by atoms with Crippen molar-refractivity contribution in [1.82, 2.24) is 5.32 Å². The van der Waals surface area contributed by atoms with Gasteiger partial charge in [-0.2, -0.15) is 0 Å². The molecule has 1 aliphatic rings. The van der Waals surface area contributed by atoms with Gasteiger partial charge in [0.2, 0.25) is 5.91 Å². The topological polar surface area (TPSA) is 89.3 Å². The number of nitrogens with one attached hydrogen (secondary N) is 1. The van der Waals surface area contributed by atoms with Gasteiger partial charge in [0.1, 0.15) is 0 Å². The second-order valence-electron chi connectivity index (χ2n) is 6.67. The van der Waals surface area contributed by atoms with Crippen LogP contribution in [0.4, 0.5) is 0 Å². The monoisotopic (exact) mass is 372 g/mol. The van der Waals surface area contributed by atoms with E-state index in [0.29, 0.717) is 4.90 Å². The van der Waals surface area contributed by atoms with E-state index < -0.39 is 9.84 Å². The van der Waals surface area contributed by atoms with Crippen molar-refractivity contribution in [3.8, 4) is 0 Å². The first-order chi connectivity index (χ1) is 12.5. The Morgan fingerprint density at radius 1 is 1.08 bits per heavy atom. The Morgan fingerprint density at radius 3 is 2.58 bits per heavy atom. The van der Waals surface area contributed by atoms with Gasteiger partial charge in [-0.05, 0) is 48.1 Å². The number of benzene rings is 2. The normalized spacial score (nSPS) is 14.7. The first-order valence-corrected chi connectivity index (χ1v) is 10.5. The molecule has 0 spiro atoms. The lowest BCUT2D eigenvalue weighted by molar-refractivity contribution is -0.120. The predicted molar refractivity (Wildman–Crippen MR) is 102 cm³/mol. The summed E-state index contributed by atoms with van der Waals surface area (Å²) in [6.45, 7) is 0.280. The van der Waals surface area contributed by atoms with E-state index in [2.05, 4.69) is 5.32 Å². The Hall–Kier alpha value is -2.18. The van der Waals surface area contributed by atoms with Crippen LogP contribution in [0.5, 0.6) is 0 Å². The van der Waals surface area contributed by atoms with Crippen LogP contribution < -0.4 is 11.1 Å². The molecule has 2 aromatic rings. The van der Waals surface area contributed by atoms with E-state index in [9.17, 15) is 13.2 Å². The lowest BCUT2D eigenvalue weighted by atomic mass is 10.1. The van der Waals surface area contributed by atoms with Crippen LogP contribution in [0, 0.1) is 0 Å². The number of fused-ring (bicyclic) bond motifs is 1. The average molecular weight is 372 g/mol. The Morgan fingerprint density at radius 2 is 1.81 bits per heavy atom. The molecule has 26 heavy (non-hydrogen) atoms. The van der Waals surface area contributed by atoms with Gasteiger partial charge in [-0.25, -0.2) is 8.42 Å². The van der Waals surface area contributed by atoms with Crippen LogP contribution in [-0.4, -0.2) is 26.6 Å². The Kier molecular flexibility index (Phi) is 5.74. The summed E-state index contributed by atoms with van der Waals surface area (Å²) in [6.07, 6.45) is 2.94. The van der Waals surface area contributed by atoms with Gasteiger partial charge in [0.15, 0.2) is 9.84 Å².